The number of nitrogens with two attached hydrogens (primary N) is 1. The van der Waals surface area contributed by atoms with Gasteiger partial charge >= 0.3 is 0 Å². The number of amides is 1. The maximum Gasteiger partial charge on any atom is 0.254 e. The second-order valence-electron chi connectivity index (χ2n) is 3.84. The van der Waals surface area contributed by atoms with Gasteiger partial charge < -0.3 is 11.1 Å². The van der Waals surface area contributed by atoms with E-state index in [1.54, 1.807) is 29.5 Å². The van der Waals surface area contributed by atoms with Crippen molar-refractivity contribution < 1.29 is 4.79 Å². The van der Waals surface area contributed by atoms with E-state index in [0.29, 0.717) is 22.8 Å². The molecule has 3 nitrogen and oxygen atoms in total. The van der Waals surface area contributed by atoms with Crippen LogP contribution in [0.25, 0.3) is 0 Å². The molecule has 0 saturated heterocycles. The molecule has 2 aromatic rings. The summed E-state index contributed by atoms with van der Waals surface area (Å²) in [6, 6.07) is 7.09. The first-order valence-corrected chi connectivity index (χ1v) is 6.84. The second kappa shape index (κ2) is 5.89. The van der Waals surface area contributed by atoms with Crippen molar-refractivity contribution in [3.63, 3.8) is 0 Å². The molecular weight excluding hydrogens is 268 g/mol. The number of halogens is 1. The Balaban J connectivity index is 1.96. The maximum atomic E-state index is 11.9. The van der Waals surface area contributed by atoms with E-state index in [2.05, 4.69) is 10.7 Å². The van der Waals surface area contributed by atoms with Crippen LogP contribution in [0.3, 0.4) is 0 Å². The van der Waals surface area contributed by atoms with E-state index in [1.165, 1.54) is 5.56 Å². The van der Waals surface area contributed by atoms with Crippen molar-refractivity contribution in [2.24, 2.45) is 0 Å². The average molecular weight is 281 g/mol. The fourth-order valence-corrected chi connectivity index (χ4v) is 2.59. The number of carbonyl (C=O) groups is 1. The molecule has 18 heavy (non-hydrogen) atoms. The van der Waals surface area contributed by atoms with Crippen molar-refractivity contribution in [1.29, 1.82) is 0 Å². The number of carbonyl (C=O) groups excluding carboxylic acids is 1. The van der Waals surface area contributed by atoms with Crippen LogP contribution in [-0.2, 0) is 6.42 Å². The van der Waals surface area contributed by atoms with E-state index < -0.39 is 0 Å². The smallest absolute Gasteiger partial charge is 0.254 e. The van der Waals surface area contributed by atoms with Crippen LogP contribution in [0.15, 0.2) is 35.0 Å². The van der Waals surface area contributed by atoms with Gasteiger partial charge in [-0.15, -0.1) is 0 Å². The molecular formula is C13H13ClN2OS. The van der Waals surface area contributed by atoms with Gasteiger partial charge in [0, 0.05) is 12.2 Å². The van der Waals surface area contributed by atoms with Crippen molar-refractivity contribution in [2.75, 3.05) is 12.3 Å². The second-order valence-corrected chi connectivity index (χ2v) is 5.03. The Morgan fingerprint density at radius 2 is 2.22 bits per heavy atom. The zero-order valence-corrected chi connectivity index (χ0v) is 11.2. The van der Waals surface area contributed by atoms with Gasteiger partial charge in [0.15, 0.2) is 0 Å². The van der Waals surface area contributed by atoms with Gasteiger partial charge in [0.05, 0.1) is 10.6 Å². The molecule has 0 fully saturated rings. The normalized spacial score (nSPS) is 10.3. The van der Waals surface area contributed by atoms with Crippen molar-refractivity contribution in [3.8, 4) is 0 Å². The molecule has 0 spiro atoms. The lowest BCUT2D eigenvalue weighted by molar-refractivity contribution is 0.0955. The third kappa shape index (κ3) is 3.03. The lowest BCUT2D eigenvalue weighted by Crippen LogP contribution is -2.26. The number of benzene rings is 1. The number of anilines is 1. The van der Waals surface area contributed by atoms with Gasteiger partial charge in [-0.2, -0.15) is 11.3 Å². The van der Waals surface area contributed by atoms with E-state index in [1.807, 2.05) is 11.4 Å². The lowest BCUT2D eigenvalue weighted by Gasteiger charge is -2.08. The highest BCUT2D eigenvalue weighted by molar-refractivity contribution is 7.07. The van der Waals surface area contributed by atoms with Gasteiger partial charge in [0.2, 0.25) is 0 Å². The standard InChI is InChI=1S/C13H13ClN2OS/c14-10-2-1-3-11(15)12(10)13(17)16-6-4-9-5-7-18-8-9/h1-3,5,7-8H,4,6,15H2,(H,16,17). The summed E-state index contributed by atoms with van der Waals surface area (Å²) >= 11 is 7.61. The van der Waals surface area contributed by atoms with E-state index >= 15 is 0 Å². The fraction of sp³-hybridized carbons (Fsp3) is 0.154. The molecule has 0 atom stereocenters. The number of rotatable bonds is 4. The van der Waals surface area contributed by atoms with E-state index in [9.17, 15) is 4.79 Å². The molecule has 0 aliphatic heterocycles. The maximum absolute atomic E-state index is 11.9. The number of thiophene rings is 1. The molecule has 2 rings (SSSR count). The highest BCUT2D eigenvalue weighted by Gasteiger charge is 2.12. The van der Waals surface area contributed by atoms with E-state index in [0.717, 1.165) is 6.42 Å². The molecule has 1 aromatic carbocycles. The molecule has 1 amide bonds. The van der Waals surface area contributed by atoms with Gasteiger partial charge in [-0.25, -0.2) is 0 Å². The minimum atomic E-state index is -0.228. The van der Waals surface area contributed by atoms with E-state index in [-0.39, 0.29) is 5.91 Å². The summed E-state index contributed by atoms with van der Waals surface area (Å²) in [7, 11) is 0. The zero-order valence-electron chi connectivity index (χ0n) is 9.65. The summed E-state index contributed by atoms with van der Waals surface area (Å²) in [5.74, 6) is -0.228. The quantitative estimate of drug-likeness (QED) is 0.846. The minimum absolute atomic E-state index is 0.228. The molecule has 3 N–H and O–H groups in total. The Kier molecular flexibility index (Phi) is 4.23. The van der Waals surface area contributed by atoms with Gasteiger partial charge in [-0.3, -0.25) is 4.79 Å². The molecule has 94 valence electrons. The monoisotopic (exact) mass is 280 g/mol. The molecule has 1 heterocycles. The van der Waals surface area contributed by atoms with Gasteiger partial charge in [0.25, 0.3) is 5.91 Å². The van der Waals surface area contributed by atoms with Gasteiger partial charge in [0.1, 0.15) is 0 Å². The summed E-state index contributed by atoms with van der Waals surface area (Å²) in [5, 5.41) is 7.28. The summed E-state index contributed by atoms with van der Waals surface area (Å²) in [6.45, 7) is 0.570. The third-order valence-electron chi connectivity index (χ3n) is 2.55. The largest absolute Gasteiger partial charge is 0.398 e. The molecule has 0 bridgehead atoms. The fourth-order valence-electron chi connectivity index (χ4n) is 1.62. The summed E-state index contributed by atoms with van der Waals surface area (Å²) < 4.78 is 0. The highest BCUT2D eigenvalue weighted by Crippen LogP contribution is 2.21. The lowest BCUT2D eigenvalue weighted by atomic mass is 10.1. The van der Waals surface area contributed by atoms with Crippen LogP contribution in [0, 0.1) is 0 Å². The molecule has 1 aromatic heterocycles. The number of nitrogens with one attached hydrogen (secondary N) is 1. The SMILES string of the molecule is Nc1cccc(Cl)c1C(=O)NCCc1ccsc1. The Labute approximate surface area is 115 Å². The molecule has 0 aliphatic carbocycles. The first kappa shape index (κ1) is 12.9. The topological polar surface area (TPSA) is 55.1 Å². The number of nitrogen functional groups attached to an aromatic ring is 1. The van der Waals surface area contributed by atoms with Gasteiger partial charge in [-0.05, 0) is 40.9 Å². The summed E-state index contributed by atoms with van der Waals surface area (Å²) in [4.78, 5) is 11.9. The Hall–Kier alpha value is -1.52. The van der Waals surface area contributed by atoms with Crippen LogP contribution in [0.4, 0.5) is 5.69 Å². The summed E-state index contributed by atoms with van der Waals surface area (Å²) in [6.07, 6.45) is 0.805. The van der Waals surface area contributed by atoms with Crippen LogP contribution in [0.5, 0.6) is 0 Å². The Bertz CT molecular complexity index is 520. The van der Waals surface area contributed by atoms with Crippen LogP contribution in [0.2, 0.25) is 5.02 Å². The predicted molar refractivity (Wildman–Crippen MR) is 76.2 cm³/mol. The van der Waals surface area contributed by atoms with Crippen molar-refractivity contribution in [1.82, 2.24) is 5.32 Å². The van der Waals surface area contributed by atoms with Crippen LogP contribution >= 0.6 is 22.9 Å². The zero-order chi connectivity index (χ0) is 13.0. The highest BCUT2D eigenvalue weighted by atomic mass is 35.5. The summed E-state index contributed by atoms with van der Waals surface area (Å²) in [5.41, 5.74) is 7.71. The molecule has 5 heteroatoms. The van der Waals surface area contributed by atoms with E-state index in [4.69, 9.17) is 17.3 Å². The van der Waals surface area contributed by atoms with Crippen LogP contribution in [0.1, 0.15) is 15.9 Å². The van der Waals surface area contributed by atoms with Gasteiger partial charge in [-0.1, -0.05) is 17.7 Å². The first-order valence-electron chi connectivity index (χ1n) is 5.51. The Morgan fingerprint density at radius 1 is 1.39 bits per heavy atom. The number of hydrogen-bond donors (Lipinski definition) is 2. The molecule has 0 saturated carbocycles. The van der Waals surface area contributed by atoms with Crippen LogP contribution < -0.4 is 11.1 Å². The van der Waals surface area contributed by atoms with Crippen molar-refractivity contribution in [2.45, 2.75) is 6.42 Å². The van der Waals surface area contributed by atoms with Crippen molar-refractivity contribution in [3.05, 3.63) is 51.2 Å². The Morgan fingerprint density at radius 3 is 2.89 bits per heavy atom. The molecule has 0 aliphatic rings. The van der Waals surface area contributed by atoms with Crippen molar-refractivity contribution >= 4 is 34.5 Å². The third-order valence-corrected chi connectivity index (χ3v) is 3.60. The molecule has 0 unspecified atom stereocenters. The number of hydrogen-bond acceptors (Lipinski definition) is 3. The first-order chi connectivity index (χ1) is 8.68. The molecule has 0 radical (unpaired) electrons. The van der Waals surface area contributed by atoms with Crippen LogP contribution in [-0.4, -0.2) is 12.5 Å². The minimum Gasteiger partial charge on any atom is -0.398 e. The predicted octanol–water partition coefficient (Wildman–Crippen LogP) is 2.96. The average Bonchev–Trinajstić information content (AvgIpc) is 2.82.